The Morgan fingerprint density at radius 3 is 2.27 bits per heavy atom. The molecule has 0 fully saturated rings. The average Bonchev–Trinajstić information content (AvgIpc) is 2.63. The van der Waals surface area contributed by atoms with Gasteiger partial charge in [0.15, 0.2) is 0 Å². The minimum atomic E-state index is -3.88. The molecule has 132 valence electrons. The van der Waals surface area contributed by atoms with E-state index in [4.69, 9.17) is 10.5 Å². The Kier molecular flexibility index (Phi) is 5.94. The quantitative estimate of drug-likeness (QED) is 0.786. The summed E-state index contributed by atoms with van der Waals surface area (Å²) >= 11 is 0. The maximum atomic E-state index is 12.5. The first-order valence-corrected chi connectivity index (χ1v) is 9.08. The summed E-state index contributed by atoms with van der Waals surface area (Å²) in [7, 11) is -3.88. The maximum absolute atomic E-state index is 12.5. The van der Waals surface area contributed by atoms with Crippen molar-refractivity contribution in [3.8, 4) is 12.1 Å². The van der Waals surface area contributed by atoms with Crippen LogP contribution in [0.4, 0.5) is 5.69 Å². The van der Waals surface area contributed by atoms with E-state index in [9.17, 15) is 13.2 Å². The zero-order valence-corrected chi connectivity index (χ0v) is 14.8. The van der Waals surface area contributed by atoms with Crippen LogP contribution in [0.25, 0.3) is 0 Å². The molecule has 0 saturated carbocycles. The molecule has 0 aliphatic rings. The molecule has 0 atom stereocenters. The Hall–Kier alpha value is -3.36. The third-order valence-electron chi connectivity index (χ3n) is 3.51. The van der Waals surface area contributed by atoms with Gasteiger partial charge in [0.1, 0.15) is 13.1 Å². The van der Waals surface area contributed by atoms with E-state index in [1.54, 1.807) is 24.3 Å². The summed E-state index contributed by atoms with van der Waals surface area (Å²) < 4.78 is 27.5. The van der Waals surface area contributed by atoms with Crippen LogP contribution in [0, 0.1) is 29.6 Å². The van der Waals surface area contributed by atoms with Crippen LogP contribution in [0.15, 0.2) is 53.4 Å². The second-order valence-corrected chi connectivity index (χ2v) is 7.16. The number of carbonyl (C=O) groups is 1. The first-order chi connectivity index (χ1) is 12.4. The molecule has 2 rings (SSSR count). The fraction of sp³-hybridized carbons (Fsp3) is 0.167. The van der Waals surface area contributed by atoms with Crippen molar-refractivity contribution in [2.45, 2.75) is 11.8 Å². The molecule has 1 N–H and O–H groups in total. The Morgan fingerprint density at radius 2 is 1.69 bits per heavy atom. The lowest BCUT2D eigenvalue weighted by atomic mass is 10.2. The average molecular weight is 368 g/mol. The number of hydrogen-bond acceptors (Lipinski definition) is 5. The summed E-state index contributed by atoms with van der Waals surface area (Å²) in [5, 5.41) is 17.5. The van der Waals surface area contributed by atoms with E-state index in [0.717, 1.165) is 10.5 Å². The van der Waals surface area contributed by atoms with E-state index >= 15 is 0 Å². The van der Waals surface area contributed by atoms with Gasteiger partial charge in [-0.1, -0.05) is 23.8 Å². The number of nitrogens with one attached hydrogen (secondary N) is 1. The van der Waals surface area contributed by atoms with Gasteiger partial charge >= 0.3 is 0 Å². The fourth-order valence-electron chi connectivity index (χ4n) is 2.18. The lowest BCUT2D eigenvalue weighted by molar-refractivity contribution is 0.0794. The Bertz CT molecular complexity index is 970. The van der Waals surface area contributed by atoms with E-state index in [1.807, 2.05) is 19.1 Å². The SMILES string of the molecule is Cc1ccc(NS(=O)(=O)c2cccc(C(=O)N(CC#N)CC#N)c2)cc1. The van der Waals surface area contributed by atoms with E-state index in [1.165, 1.54) is 24.3 Å². The van der Waals surface area contributed by atoms with Crippen LogP contribution >= 0.6 is 0 Å². The minimum absolute atomic E-state index is 0.0854. The molecule has 1 amide bonds. The largest absolute Gasteiger partial charge is 0.312 e. The first-order valence-electron chi connectivity index (χ1n) is 7.60. The van der Waals surface area contributed by atoms with Gasteiger partial charge in [-0.15, -0.1) is 0 Å². The molecule has 8 heteroatoms. The van der Waals surface area contributed by atoms with Crippen molar-refractivity contribution in [1.82, 2.24) is 4.90 Å². The lowest BCUT2D eigenvalue weighted by Gasteiger charge is -2.16. The van der Waals surface area contributed by atoms with Crippen LogP contribution in [0.1, 0.15) is 15.9 Å². The second kappa shape index (κ2) is 8.15. The van der Waals surface area contributed by atoms with Gasteiger partial charge in [0.25, 0.3) is 15.9 Å². The van der Waals surface area contributed by atoms with Crippen molar-refractivity contribution < 1.29 is 13.2 Å². The predicted molar refractivity (Wildman–Crippen MR) is 95.6 cm³/mol. The Morgan fingerprint density at radius 1 is 1.08 bits per heavy atom. The topological polar surface area (TPSA) is 114 Å². The van der Waals surface area contributed by atoms with Gasteiger partial charge in [-0.25, -0.2) is 8.42 Å². The highest BCUT2D eigenvalue weighted by molar-refractivity contribution is 7.92. The van der Waals surface area contributed by atoms with Crippen molar-refractivity contribution >= 4 is 21.6 Å². The van der Waals surface area contributed by atoms with Gasteiger partial charge in [-0.2, -0.15) is 10.5 Å². The van der Waals surface area contributed by atoms with Crippen molar-refractivity contribution in [2.24, 2.45) is 0 Å². The van der Waals surface area contributed by atoms with Crippen LogP contribution < -0.4 is 4.72 Å². The second-order valence-electron chi connectivity index (χ2n) is 5.48. The molecule has 0 aromatic heterocycles. The van der Waals surface area contributed by atoms with Crippen LogP contribution in [0.2, 0.25) is 0 Å². The van der Waals surface area contributed by atoms with E-state index in [-0.39, 0.29) is 23.5 Å². The summed E-state index contributed by atoms with van der Waals surface area (Å²) in [4.78, 5) is 13.4. The van der Waals surface area contributed by atoms with E-state index in [2.05, 4.69) is 4.72 Å². The molecule has 7 nitrogen and oxygen atoms in total. The van der Waals surface area contributed by atoms with Crippen LogP contribution in [0.3, 0.4) is 0 Å². The van der Waals surface area contributed by atoms with Crippen LogP contribution in [-0.2, 0) is 10.0 Å². The summed E-state index contributed by atoms with van der Waals surface area (Å²) in [6.45, 7) is 1.37. The number of hydrogen-bond donors (Lipinski definition) is 1. The Balaban J connectivity index is 2.30. The van der Waals surface area contributed by atoms with Gasteiger partial charge in [-0.3, -0.25) is 9.52 Å². The molecule has 0 aliphatic heterocycles. The lowest BCUT2D eigenvalue weighted by Crippen LogP contribution is -2.31. The number of nitrogens with zero attached hydrogens (tertiary/aromatic N) is 3. The van der Waals surface area contributed by atoms with Gasteiger partial charge in [0, 0.05) is 11.3 Å². The number of anilines is 1. The fourth-order valence-corrected chi connectivity index (χ4v) is 3.29. The van der Waals surface area contributed by atoms with Gasteiger partial charge in [0.2, 0.25) is 0 Å². The molecule has 0 heterocycles. The molecule has 2 aromatic rings. The predicted octanol–water partition coefficient (Wildman–Crippen LogP) is 2.29. The minimum Gasteiger partial charge on any atom is -0.312 e. The number of carbonyl (C=O) groups excluding carboxylic acids is 1. The van der Waals surface area contributed by atoms with Gasteiger partial charge < -0.3 is 4.90 Å². The number of nitriles is 2. The number of rotatable bonds is 6. The summed E-state index contributed by atoms with van der Waals surface area (Å²) in [6.07, 6.45) is 0. The molecule has 0 saturated heterocycles. The molecule has 0 aliphatic carbocycles. The Labute approximate surface area is 152 Å². The van der Waals surface area contributed by atoms with Crippen molar-refractivity contribution in [2.75, 3.05) is 17.8 Å². The van der Waals surface area contributed by atoms with Crippen molar-refractivity contribution in [3.05, 3.63) is 59.7 Å². The summed E-state index contributed by atoms with van der Waals surface area (Å²) in [5.74, 6) is -0.583. The molecule has 0 bridgehead atoms. The standard InChI is InChI=1S/C18H16N4O3S/c1-14-5-7-16(8-6-14)21-26(24,25)17-4-2-3-15(13-17)18(23)22(11-9-19)12-10-20/h2-8,13,21H,11-12H2,1H3. The molecule has 26 heavy (non-hydrogen) atoms. The molecular weight excluding hydrogens is 352 g/mol. The number of sulfonamides is 1. The third kappa shape index (κ3) is 4.59. The molecule has 0 unspecified atom stereocenters. The highest BCUT2D eigenvalue weighted by Crippen LogP contribution is 2.18. The monoisotopic (exact) mass is 368 g/mol. The maximum Gasteiger partial charge on any atom is 0.261 e. The normalized spacial score (nSPS) is 10.4. The highest BCUT2D eigenvalue weighted by atomic mass is 32.2. The van der Waals surface area contributed by atoms with E-state index in [0.29, 0.717) is 5.69 Å². The summed E-state index contributed by atoms with van der Waals surface area (Å²) in [5.41, 5.74) is 1.49. The molecular formula is C18H16N4O3S. The number of amides is 1. The summed E-state index contributed by atoms with van der Waals surface area (Å²) in [6, 6.07) is 15.9. The smallest absolute Gasteiger partial charge is 0.261 e. The number of benzene rings is 2. The number of aryl methyl sites for hydroxylation is 1. The molecule has 0 radical (unpaired) electrons. The van der Waals surface area contributed by atoms with E-state index < -0.39 is 15.9 Å². The zero-order valence-electron chi connectivity index (χ0n) is 14.0. The zero-order chi connectivity index (χ0) is 19.2. The molecule has 0 spiro atoms. The van der Waals surface area contributed by atoms with Crippen LogP contribution in [-0.4, -0.2) is 32.3 Å². The third-order valence-corrected chi connectivity index (χ3v) is 4.88. The van der Waals surface area contributed by atoms with Crippen molar-refractivity contribution in [1.29, 1.82) is 10.5 Å². The van der Waals surface area contributed by atoms with Crippen molar-refractivity contribution in [3.63, 3.8) is 0 Å². The van der Waals surface area contributed by atoms with Gasteiger partial charge in [0.05, 0.1) is 17.0 Å². The molecule has 2 aromatic carbocycles. The highest BCUT2D eigenvalue weighted by Gasteiger charge is 2.19. The first kappa shape index (κ1) is 19.0. The van der Waals surface area contributed by atoms with Crippen LogP contribution in [0.5, 0.6) is 0 Å². The van der Waals surface area contributed by atoms with Gasteiger partial charge in [-0.05, 0) is 37.3 Å².